The topological polar surface area (TPSA) is 17.8 Å². The van der Waals surface area contributed by atoms with Gasteiger partial charge < -0.3 is 0 Å². The molecule has 0 unspecified atom stereocenters. The smallest absolute Gasteiger partial charge is 0.136 e. The van der Waals surface area contributed by atoms with Gasteiger partial charge in [0.05, 0.1) is 11.4 Å². The lowest BCUT2D eigenvalue weighted by atomic mass is 10.2. The van der Waals surface area contributed by atoms with Gasteiger partial charge >= 0.3 is 0 Å². The average Bonchev–Trinajstić information content (AvgIpc) is 2.55. The van der Waals surface area contributed by atoms with Crippen LogP contribution in [-0.2, 0) is 6.42 Å². The summed E-state index contributed by atoms with van der Waals surface area (Å²) < 4.78 is 14.4. The lowest BCUT2D eigenvalue weighted by Gasteiger charge is -2.02. The Morgan fingerprint density at radius 3 is 2.44 bits per heavy atom. The Kier molecular flexibility index (Phi) is 2.97. The van der Waals surface area contributed by atoms with Crippen molar-refractivity contribution in [2.75, 3.05) is 0 Å². The van der Waals surface area contributed by atoms with E-state index >= 15 is 0 Å². The summed E-state index contributed by atoms with van der Waals surface area (Å²) in [5.41, 5.74) is 2.72. The molecule has 1 aromatic heterocycles. The third-order valence-corrected chi connectivity index (χ3v) is 2.93. The fraction of sp³-hybridized carbons (Fsp3) is 0.250. The van der Waals surface area contributed by atoms with Crippen molar-refractivity contribution in [3.63, 3.8) is 0 Å². The number of rotatable bonds is 2. The maximum absolute atomic E-state index is 12.8. The number of nitrogens with zero attached hydrogens (tertiary/aromatic N) is 2. The van der Waals surface area contributed by atoms with E-state index in [2.05, 4.69) is 5.10 Å². The summed E-state index contributed by atoms with van der Waals surface area (Å²) in [4.78, 5) is 0. The molecule has 0 amide bonds. The number of hydrogen-bond acceptors (Lipinski definition) is 1. The largest absolute Gasteiger partial charge is 0.222 e. The van der Waals surface area contributed by atoms with Gasteiger partial charge in [-0.2, -0.15) is 5.10 Å². The molecule has 0 N–H and O–H groups in total. The first-order chi connectivity index (χ1) is 7.63. The second-order valence-electron chi connectivity index (χ2n) is 3.60. The molecule has 1 heterocycles. The summed E-state index contributed by atoms with van der Waals surface area (Å²) in [7, 11) is 0. The number of halogens is 2. The minimum atomic E-state index is -0.264. The molecule has 84 valence electrons. The van der Waals surface area contributed by atoms with Crippen LogP contribution in [0.2, 0.25) is 5.15 Å². The van der Waals surface area contributed by atoms with E-state index in [-0.39, 0.29) is 5.82 Å². The molecule has 0 saturated carbocycles. The predicted octanol–water partition coefficient (Wildman–Crippen LogP) is 3.54. The zero-order chi connectivity index (χ0) is 11.7. The highest BCUT2D eigenvalue weighted by Gasteiger charge is 2.12. The highest BCUT2D eigenvalue weighted by atomic mass is 35.5. The molecule has 4 heteroatoms. The molecule has 0 atom stereocenters. The van der Waals surface area contributed by atoms with Gasteiger partial charge in [-0.05, 0) is 37.6 Å². The normalized spacial score (nSPS) is 10.8. The van der Waals surface area contributed by atoms with Crippen LogP contribution in [0.25, 0.3) is 5.69 Å². The number of aryl methyl sites for hydroxylation is 1. The van der Waals surface area contributed by atoms with Crippen molar-refractivity contribution < 1.29 is 4.39 Å². The van der Waals surface area contributed by atoms with E-state index in [0.29, 0.717) is 5.15 Å². The van der Waals surface area contributed by atoms with Crippen LogP contribution >= 0.6 is 11.6 Å². The third kappa shape index (κ3) is 1.83. The van der Waals surface area contributed by atoms with Crippen LogP contribution in [0, 0.1) is 12.7 Å². The van der Waals surface area contributed by atoms with Gasteiger partial charge in [0.15, 0.2) is 0 Å². The molecule has 2 rings (SSSR count). The summed E-state index contributed by atoms with van der Waals surface area (Å²) in [6, 6.07) is 6.11. The minimum Gasteiger partial charge on any atom is -0.222 e. The minimum absolute atomic E-state index is 0.264. The van der Waals surface area contributed by atoms with Crippen molar-refractivity contribution in [3.05, 3.63) is 46.5 Å². The monoisotopic (exact) mass is 238 g/mol. The molecule has 0 aliphatic rings. The van der Waals surface area contributed by atoms with Gasteiger partial charge in [0.2, 0.25) is 0 Å². The quantitative estimate of drug-likeness (QED) is 0.783. The molecule has 0 aliphatic heterocycles. The van der Waals surface area contributed by atoms with Crippen LogP contribution in [0.15, 0.2) is 24.3 Å². The van der Waals surface area contributed by atoms with Crippen LogP contribution < -0.4 is 0 Å². The number of aromatic nitrogens is 2. The van der Waals surface area contributed by atoms with Gasteiger partial charge in [-0.3, -0.25) is 0 Å². The molecule has 0 spiro atoms. The van der Waals surface area contributed by atoms with Crippen molar-refractivity contribution in [2.24, 2.45) is 0 Å². The second kappa shape index (κ2) is 4.26. The van der Waals surface area contributed by atoms with Crippen molar-refractivity contribution in [3.8, 4) is 5.69 Å². The zero-order valence-electron chi connectivity index (χ0n) is 9.17. The van der Waals surface area contributed by atoms with Gasteiger partial charge in [0, 0.05) is 5.56 Å². The Balaban J connectivity index is 2.52. The van der Waals surface area contributed by atoms with E-state index in [1.54, 1.807) is 16.8 Å². The Bertz CT molecular complexity index is 502. The van der Waals surface area contributed by atoms with Gasteiger partial charge in [-0.25, -0.2) is 9.07 Å². The molecule has 2 nitrogen and oxygen atoms in total. The van der Waals surface area contributed by atoms with E-state index in [9.17, 15) is 4.39 Å². The summed E-state index contributed by atoms with van der Waals surface area (Å²) in [6.07, 6.45) is 0.839. The second-order valence-corrected chi connectivity index (χ2v) is 3.95. The molecule has 1 aromatic carbocycles. The zero-order valence-corrected chi connectivity index (χ0v) is 9.92. The molecular formula is C12H12ClFN2. The van der Waals surface area contributed by atoms with Crippen molar-refractivity contribution in [2.45, 2.75) is 20.3 Å². The summed E-state index contributed by atoms with van der Waals surface area (Å²) in [6.45, 7) is 3.95. The third-order valence-electron chi connectivity index (χ3n) is 2.55. The van der Waals surface area contributed by atoms with E-state index < -0.39 is 0 Å². The van der Waals surface area contributed by atoms with Crippen LogP contribution in [0.3, 0.4) is 0 Å². The predicted molar refractivity (Wildman–Crippen MR) is 62.6 cm³/mol. The maximum Gasteiger partial charge on any atom is 0.136 e. The first-order valence-electron chi connectivity index (χ1n) is 5.13. The Hall–Kier alpha value is -1.35. The van der Waals surface area contributed by atoms with Crippen LogP contribution in [0.4, 0.5) is 4.39 Å². The molecule has 16 heavy (non-hydrogen) atoms. The highest BCUT2D eigenvalue weighted by Crippen LogP contribution is 2.23. The molecular weight excluding hydrogens is 227 g/mol. The van der Waals surface area contributed by atoms with Crippen LogP contribution in [0.5, 0.6) is 0 Å². The first-order valence-corrected chi connectivity index (χ1v) is 5.51. The molecule has 0 bridgehead atoms. The Morgan fingerprint density at radius 2 is 1.94 bits per heavy atom. The number of benzene rings is 1. The van der Waals surface area contributed by atoms with Gasteiger partial charge in [-0.1, -0.05) is 18.5 Å². The van der Waals surface area contributed by atoms with Crippen molar-refractivity contribution >= 4 is 11.6 Å². The maximum atomic E-state index is 12.8. The standard InChI is InChI=1S/C12H12ClFN2/c1-3-11-8(2)15-16(12(11)13)10-6-4-9(14)5-7-10/h4-7H,3H2,1-2H3. The summed E-state index contributed by atoms with van der Waals surface area (Å²) >= 11 is 6.21. The van der Waals surface area contributed by atoms with E-state index in [4.69, 9.17) is 11.6 Å². The van der Waals surface area contributed by atoms with Crippen molar-refractivity contribution in [1.29, 1.82) is 0 Å². The van der Waals surface area contributed by atoms with E-state index in [0.717, 1.165) is 23.4 Å². The van der Waals surface area contributed by atoms with Crippen molar-refractivity contribution in [1.82, 2.24) is 9.78 Å². The molecule has 0 saturated heterocycles. The molecule has 2 aromatic rings. The lowest BCUT2D eigenvalue weighted by Crippen LogP contribution is -1.96. The fourth-order valence-corrected chi connectivity index (χ4v) is 2.09. The van der Waals surface area contributed by atoms with E-state index in [1.165, 1.54) is 12.1 Å². The molecule has 0 fully saturated rings. The Morgan fingerprint density at radius 1 is 1.31 bits per heavy atom. The molecule has 0 aliphatic carbocycles. The lowest BCUT2D eigenvalue weighted by molar-refractivity contribution is 0.627. The molecule has 0 radical (unpaired) electrons. The van der Waals surface area contributed by atoms with Crippen LogP contribution in [-0.4, -0.2) is 9.78 Å². The number of hydrogen-bond donors (Lipinski definition) is 0. The van der Waals surface area contributed by atoms with Gasteiger partial charge in [0.1, 0.15) is 11.0 Å². The van der Waals surface area contributed by atoms with Gasteiger partial charge in [0.25, 0.3) is 0 Å². The van der Waals surface area contributed by atoms with Crippen LogP contribution in [0.1, 0.15) is 18.2 Å². The summed E-state index contributed by atoms with van der Waals surface area (Å²) in [5.74, 6) is -0.264. The SMILES string of the molecule is CCc1c(C)nn(-c2ccc(F)cc2)c1Cl. The average molecular weight is 239 g/mol. The summed E-state index contributed by atoms with van der Waals surface area (Å²) in [5, 5.41) is 4.95. The van der Waals surface area contributed by atoms with Gasteiger partial charge in [-0.15, -0.1) is 0 Å². The fourth-order valence-electron chi connectivity index (χ4n) is 1.69. The Labute approximate surface area is 98.7 Å². The first kappa shape index (κ1) is 11.1. The van der Waals surface area contributed by atoms with E-state index in [1.807, 2.05) is 13.8 Å². The highest BCUT2D eigenvalue weighted by molar-refractivity contribution is 6.30.